The van der Waals surface area contributed by atoms with E-state index in [1.807, 2.05) is 0 Å². The van der Waals surface area contributed by atoms with E-state index in [2.05, 4.69) is 10.3 Å². The lowest BCUT2D eigenvalue weighted by atomic mass is 10.1. The molecule has 1 saturated heterocycles. The molecule has 0 spiro atoms. The number of nitrogen functional groups attached to an aromatic ring is 1. The van der Waals surface area contributed by atoms with Gasteiger partial charge in [-0.3, -0.25) is 14.1 Å². The molecule has 9 nitrogen and oxygen atoms in total. The molecule has 0 unspecified atom stereocenters. The highest BCUT2D eigenvalue weighted by molar-refractivity contribution is 7.84. The van der Waals surface area contributed by atoms with Gasteiger partial charge in [0, 0.05) is 5.38 Å². The molecule has 1 aliphatic heterocycles. The molecule has 2 amide bonds. The van der Waals surface area contributed by atoms with Gasteiger partial charge in [0.25, 0.3) is 5.91 Å². The van der Waals surface area contributed by atoms with Crippen molar-refractivity contribution in [3.05, 3.63) is 11.1 Å². The second-order valence-corrected chi connectivity index (χ2v) is 6.05. The zero-order valence-electron chi connectivity index (χ0n) is 9.44. The van der Waals surface area contributed by atoms with Crippen molar-refractivity contribution in [3.8, 4) is 0 Å². The van der Waals surface area contributed by atoms with Gasteiger partial charge in [-0.2, -0.15) is 8.42 Å². The van der Waals surface area contributed by atoms with Gasteiger partial charge in [-0.05, 0) is 0 Å². The first-order valence-electron chi connectivity index (χ1n) is 5.05. The summed E-state index contributed by atoms with van der Waals surface area (Å²) in [4.78, 5) is 26.8. The number of hydrogen-bond acceptors (Lipinski definition) is 7. The van der Waals surface area contributed by atoms with Crippen molar-refractivity contribution in [2.45, 2.75) is 12.5 Å². The first-order valence-corrected chi connectivity index (χ1v) is 7.33. The van der Waals surface area contributed by atoms with Gasteiger partial charge in [-0.1, -0.05) is 0 Å². The maximum atomic E-state index is 11.6. The smallest absolute Gasteiger partial charge is 0.362 e. The van der Waals surface area contributed by atoms with Crippen molar-refractivity contribution >= 4 is 38.6 Å². The second-order valence-electron chi connectivity index (χ2n) is 3.82. The van der Waals surface area contributed by atoms with Crippen LogP contribution in [0.5, 0.6) is 0 Å². The molecule has 1 aromatic heterocycles. The van der Waals surface area contributed by atoms with E-state index in [0.29, 0.717) is 10.8 Å². The summed E-state index contributed by atoms with van der Waals surface area (Å²) in [5.41, 5.74) is 5.87. The Labute approximate surface area is 112 Å². The van der Waals surface area contributed by atoms with Crippen LogP contribution in [0.25, 0.3) is 0 Å². The predicted octanol–water partition coefficient (Wildman–Crippen LogP) is -1.60. The molecule has 0 bridgehead atoms. The Morgan fingerprint density at radius 2 is 2.37 bits per heavy atom. The summed E-state index contributed by atoms with van der Waals surface area (Å²) in [5, 5.41) is 4.29. The van der Waals surface area contributed by atoms with Gasteiger partial charge in [0.1, 0.15) is 6.04 Å². The molecule has 4 N–H and O–H groups in total. The van der Waals surface area contributed by atoms with Gasteiger partial charge in [0.2, 0.25) is 5.91 Å². The van der Waals surface area contributed by atoms with Crippen LogP contribution in [0.2, 0.25) is 0 Å². The summed E-state index contributed by atoms with van der Waals surface area (Å²) >= 11 is 1.19. The van der Waals surface area contributed by atoms with E-state index in [1.165, 1.54) is 11.3 Å². The fourth-order valence-electron chi connectivity index (χ4n) is 1.52. The minimum Gasteiger partial charge on any atom is -0.375 e. The molecule has 0 saturated carbocycles. The van der Waals surface area contributed by atoms with Gasteiger partial charge in [-0.15, -0.1) is 11.3 Å². The van der Waals surface area contributed by atoms with Crippen LogP contribution < -0.4 is 11.1 Å². The summed E-state index contributed by atoms with van der Waals surface area (Å²) in [6, 6.07) is -0.939. The number of amides is 2. The average molecular weight is 306 g/mol. The van der Waals surface area contributed by atoms with Crippen LogP contribution in [-0.2, 0) is 26.3 Å². The number of thiazole rings is 1. The van der Waals surface area contributed by atoms with Crippen LogP contribution in [0, 0.1) is 0 Å². The number of carbonyl (C=O) groups is 2. The first-order chi connectivity index (χ1) is 8.77. The molecular weight excluding hydrogens is 296 g/mol. The third kappa shape index (κ3) is 3.00. The summed E-state index contributed by atoms with van der Waals surface area (Å²) in [6.07, 6.45) is -0.0522. The molecule has 0 aromatic carbocycles. The Balaban J connectivity index is 1.87. The number of anilines is 1. The molecule has 11 heteroatoms. The molecule has 1 fully saturated rings. The lowest BCUT2D eigenvalue weighted by Gasteiger charge is -2.35. The van der Waals surface area contributed by atoms with E-state index in [4.69, 9.17) is 10.3 Å². The largest absolute Gasteiger partial charge is 0.375 e. The molecular formula is C8H10N4O5S2. The topological polar surface area (TPSA) is 143 Å². The fraction of sp³-hybridized carbons (Fsp3) is 0.375. The summed E-state index contributed by atoms with van der Waals surface area (Å²) in [7, 11) is -4.53. The number of nitrogens with one attached hydrogen (secondary N) is 1. The third-order valence-corrected chi connectivity index (χ3v) is 4.03. The van der Waals surface area contributed by atoms with E-state index < -0.39 is 28.2 Å². The highest BCUT2D eigenvalue weighted by Crippen LogP contribution is 2.15. The predicted molar refractivity (Wildman–Crippen MR) is 65.4 cm³/mol. The number of β-lactam (4-membered cyclic amide) rings is 1. The number of rotatable bonds is 4. The van der Waals surface area contributed by atoms with E-state index in [9.17, 15) is 18.0 Å². The van der Waals surface area contributed by atoms with E-state index in [-0.39, 0.29) is 17.3 Å². The average Bonchev–Trinajstić information content (AvgIpc) is 2.67. The molecule has 1 atom stereocenters. The Hall–Kier alpha value is -1.72. The Morgan fingerprint density at radius 3 is 2.84 bits per heavy atom. The van der Waals surface area contributed by atoms with E-state index in [1.54, 1.807) is 5.38 Å². The molecule has 0 aliphatic carbocycles. The van der Waals surface area contributed by atoms with Gasteiger partial charge in [-0.25, -0.2) is 9.29 Å². The van der Waals surface area contributed by atoms with E-state index >= 15 is 0 Å². The van der Waals surface area contributed by atoms with Crippen LogP contribution in [0.4, 0.5) is 5.13 Å². The molecule has 19 heavy (non-hydrogen) atoms. The Kier molecular flexibility index (Phi) is 3.43. The second kappa shape index (κ2) is 4.75. The zero-order chi connectivity index (χ0) is 14.2. The number of aromatic nitrogens is 1. The lowest BCUT2D eigenvalue weighted by Crippen LogP contribution is -2.65. The monoisotopic (exact) mass is 306 g/mol. The Bertz CT molecular complexity index is 625. The van der Waals surface area contributed by atoms with Gasteiger partial charge in [0.05, 0.1) is 18.7 Å². The van der Waals surface area contributed by atoms with Crippen LogP contribution >= 0.6 is 11.3 Å². The quantitative estimate of drug-likeness (QED) is 0.449. The minimum atomic E-state index is -4.53. The number of nitrogens with two attached hydrogens (primary N) is 1. The van der Waals surface area contributed by atoms with Crippen molar-refractivity contribution < 1.29 is 22.6 Å². The number of nitrogens with zero attached hydrogens (tertiary/aromatic N) is 2. The lowest BCUT2D eigenvalue weighted by molar-refractivity contribution is -0.140. The Morgan fingerprint density at radius 1 is 1.68 bits per heavy atom. The van der Waals surface area contributed by atoms with Gasteiger partial charge in [0.15, 0.2) is 5.13 Å². The highest BCUT2D eigenvalue weighted by Gasteiger charge is 2.44. The minimum absolute atomic E-state index is 0.0522. The van der Waals surface area contributed by atoms with Crippen LogP contribution in [0.15, 0.2) is 5.38 Å². The number of carbonyl (C=O) groups excluding carboxylic acids is 2. The first kappa shape index (κ1) is 13.7. The number of hydrogen-bond donors (Lipinski definition) is 3. The van der Waals surface area contributed by atoms with Crippen molar-refractivity contribution in [2.75, 3.05) is 12.3 Å². The molecule has 1 aliphatic rings. The highest BCUT2D eigenvalue weighted by atomic mass is 32.2. The van der Waals surface area contributed by atoms with Crippen LogP contribution in [-0.4, -0.2) is 46.7 Å². The van der Waals surface area contributed by atoms with Crippen molar-refractivity contribution in [1.29, 1.82) is 0 Å². The van der Waals surface area contributed by atoms with Crippen molar-refractivity contribution in [2.24, 2.45) is 0 Å². The zero-order valence-corrected chi connectivity index (χ0v) is 11.1. The summed E-state index contributed by atoms with van der Waals surface area (Å²) < 4.78 is 30.3. The molecule has 104 valence electrons. The molecule has 2 heterocycles. The fourth-order valence-corrected chi connectivity index (χ4v) is 2.78. The van der Waals surface area contributed by atoms with Gasteiger partial charge < -0.3 is 11.1 Å². The molecule has 0 radical (unpaired) electrons. The standard InChI is InChI=1S/C8H10N4O5S2/c9-8-10-4(3-18-8)1-6(13)11-5-2-12(7(5)14)19(15,16)17/h3,5H,1-2H2,(H2,9,10)(H,11,13)(H,15,16,17)/t5-/m0/s1. The normalized spacial score (nSPS) is 19.1. The third-order valence-electron chi connectivity index (χ3n) is 2.42. The summed E-state index contributed by atoms with van der Waals surface area (Å²) in [6.45, 7) is -0.275. The van der Waals surface area contributed by atoms with E-state index in [0.717, 1.165) is 0 Å². The summed E-state index contributed by atoms with van der Waals surface area (Å²) in [5.74, 6) is -1.34. The maximum Gasteiger partial charge on any atom is 0.362 e. The van der Waals surface area contributed by atoms with Crippen LogP contribution in [0.1, 0.15) is 5.69 Å². The van der Waals surface area contributed by atoms with Gasteiger partial charge >= 0.3 is 10.3 Å². The molecule has 1 aromatic rings. The SMILES string of the molecule is Nc1nc(CC(=O)N[C@H]2CN(S(=O)(=O)O)C2=O)cs1. The maximum absolute atomic E-state index is 11.6. The van der Waals surface area contributed by atoms with Crippen LogP contribution in [0.3, 0.4) is 0 Å². The van der Waals surface area contributed by atoms with Crippen molar-refractivity contribution in [3.63, 3.8) is 0 Å². The van der Waals surface area contributed by atoms with Crippen molar-refractivity contribution in [1.82, 2.24) is 14.6 Å². The molecule has 2 rings (SSSR count).